The molecule has 0 aliphatic rings. The van der Waals surface area contributed by atoms with Gasteiger partial charge in [0.05, 0.1) is 27.4 Å². The van der Waals surface area contributed by atoms with Crippen molar-refractivity contribution in [2.75, 3.05) is 27.1 Å². The molecule has 0 radical (unpaired) electrons. The van der Waals surface area contributed by atoms with Gasteiger partial charge in [0.1, 0.15) is 6.54 Å². The SMILES string of the molecule is Cc1ccc([N+](=O)[O-])cc1N(CC(=O)Nc1ccc(S(=O)(=O)Nc2cccc(Cl)c2)cc1)S(C)(=O)=O. The Morgan fingerprint density at radius 3 is 2.25 bits per heavy atom. The van der Waals surface area contributed by atoms with Crippen LogP contribution in [0, 0.1) is 17.0 Å². The highest BCUT2D eigenvalue weighted by Crippen LogP contribution is 2.27. The second-order valence-corrected chi connectivity index (χ2v) is 11.7. The van der Waals surface area contributed by atoms with E-state index in [4.69, 9.17) is 11.6 Å². The van der Waals surface area contributed by atoms with Crippen LogP contribution in [0.5, 0.6) is 0 Å². The number of nitro groups is 1. The van der Waals surface area contributed by atoms with Gasteiger partial charge in [-0.05, 0) is 55.0 Å². The highest BCUT2D eigenvalue weighted by atomic mass is 35.5. The Kier molecular flexibility index (Phi) is 7.86. The number of nitro benzene ring substituents is 1. The molecule has 0 saturated heterocycles. The lowest BCUT2D eigenvalue weighted by Gasteiger charge is -2.23. The summed E-state index contributed by atoms with van der Waals surface area (Å²) in [6.45, 7) is 0.906. The number of nitrogens with one attached hydrogen (secondary N) is 2. The summed E-state index contributed by atoms with van der Waals surface area (Å²) < 4.78 is 53.1. The van der Waals surface area contributed by atoms with Crippen molar-refractivity contribution in [2.24, 2.45) is 0 Å². The Hall–Kier alpha value is -3.68. The van der Waals surface area contributed by atoms with E-state index in [1.807, 2.05) is 0 Å². The van der Waals surface area contributed by atoms with Gasteiger partial charge in [-0.1, -0.05) is 23.7 Å². The van der Waals surface area contributed by atoms with Crippen LogP contribution in [0.2, 0.25) is 5.02 Å². The number of rotatable bonds is 9. The van der Waals surface area contributed by atoms with Gasteiger partial charge in [-0.25, -0.2) is 16.8 Å². The number of nitrogens with zero attached hydrogens (tertiary/aromatic N) is 2. The predicted octanol–water partition coefficient (Wildman–Crippen LogP) is 3.76. The van der Waals surface area contributed by atoms with Crippen LogP contribution in [-0.4, -0.2) is 40.5 Å². The van der Waals surface area contributed by atoms with E-state index in [1.54, 1.807) is 19.1 Å². The summed E-state index contributed by atoms with van der Waals surface area (Å²) in [6, 6.07) is 15.1. The monoisotopic (exact) mass is 552 g/mol. The summed E-state index contributed by atoms with van der Waals surface area (Å²) in [5, 5.41) is 14.0. The molecular formula is C22H21ClN4O7S2. The zero-order chi connectivity index (χ0) is 26.7. The molecule has 3 rings (SSSR count). The zero-order valence-corrected chi connectivity index (χ0v) is 21.4. The van der Waals surface area contributed by atoms with Gasteiger partial charge in [0.25, 0.3) is 15.7 Å². The molecular weight excluding hydrogens is 532 g/mol. The van der Waals surface area contributed by atoms with Gasteiger partial charge >= 0.3 is 0 Å². The van der Waals surface area contributed by atoms with Gasteiger partial charge in [0.2, 0.25) is 15.9 Å². The van der Waals surface area contributed by atoms with Gasteiger partial charge in [-0.2, -0.15) is 0 Å². The summed E-state index contributed by atoms with van der Waals surface area (Å²) in [7, 11) is -7.91. The second-order valence-electron chi connectivity index (χ2n) is 7.69. The number of non-ortho nitro benzene ring substituents is 1. The van der Waals surface area contributed by atoms with Crippen LogP contribution < -0.4 is 14.3 Å². The third kappa shape index (κ3) is 6.71. The van der Waals surface area contributed by atoms with Crippen LogP contribution in [0.15, 0.2) is 71.6 Å². The van der Waals surface area contributed by atoms with Crippen molar-refractivity contribution in [3.63, 3.8) is 0 Å². The summed E-state index contributed by atoms with van der Waals surface area (Å²) >= 11 is 5.88. The maximum atomic E-state index is 12.6. The molecule has 0 fully saturated rings. The summed E-state index contributed by atoms with van der Waals surface area (Å²) in [6.07, 6.45) is 0.880. The smallest absolute Gasteiger partial charge is 0.271 e. The molecule has 0 unspecified atom stereocenters. The van der Waals surface area contributed by atoms with Crippen molar-refractivity contribution in [1.82, 2.24) is 0 Å². The lowest BCUT2D eigenvalue weighted by molar-refractivity contribution is -0.384. The topological polar surface area (TPSA) is 156 Å². The minimum absolute atomic E-state index is 0.00428. The first-order valence-corrected chi connectivity index (χ1v) is 13.9. The van der Waals surface area contributed by atoms with Gasteiger partial charge in [0.15, 0.2) is 0 Å². The molecule has 0 heterocycles. The molecule has 0 aliphatic heterocycles. The zero-order valence-electron chi connectivity index (χ0n) is 19.0. The second kappa shape index (κ2) is 10.5. The summed E-state index contributed by atoms with van der Waals surface area (Å²) in [4.78, 5) is 23.0. The Balaban J connectivity index is 1.76. The molecule has 0 aromatic heterocycles. The van der Waals surface area contributed by atoms with E-state index in [2.05, 4.69) is 10.0 Å². The molecule has 3 aromatic rings. The van der Waals surface area contributed by atoms with Crippen LogP contribution in [0.4, 0.5) is 22.7 Å². The molecule has 0 saturated carbocycles. The number of anilines is 3. The lowest BCUT2D eigenvalue weighted by Crippen LogP contribution is -2.37. The molecule has 14 heteroatoms. The number of carbonyl (C=O) groups is 1. The van der Waals surface area contributed by atoms with Crippen LogP contribution in [0.25, 0.3) is 0 Å². The Bertz CT molecular complexity index is 1530. The highest BCUT2D eigenvalue weighted by Gasteiger charge is 2.24. The molecule has 0 aliphatic carbocycles. The van der Waals surface area contributed by atoms with Crippen LogP contribution in [0.3, 0.4) is 0 Å². The minimum Gasteiger partial charge on any atom is -0.325 e. The maximum Gasteiger partial charge on any atom is 0.271 e. The summed E-state index contributed by atoms with van der Waals surface area (Å²) in [5.41, 5.74) is 0.576. The predicted molar refractivity (Wildman–Crippen MR) is 137 cm³/mol. The minimum atomic E-state index is -3.98. The largest absolute Gasteiger partial charge is 0.325 e. The van der Waals surface area contributed by atoms with Gasteiger partial charge in [0, 0.05) is 22.8 Å². The van der Waals surface area contributed by atoms with E-state index < -0.39 is 37.4 Å². The van der Waals surface area contributed by atoms with Crippen molar-refractivity contribution in [3.05, 3.63) is 87.4 Å². The first kappa shape index (κ1) is 26.9. The number of halogens is 1. The normalized spacial score (nSPS) is 11.5. The van der Waals surface area contributed by atoms with E-state index in [-0.39, 0.29) is 27.6 Å². The molecule has 36 heavy (non-hydrogen) atoms. The van der Waals surface area contributed by atoms with Crippen molar-refractivity contribution >= 4 is 60.3 Å². The average molecular weight is 553 g/mol. The molecule has 1 amide bonds. The van der Waals surface area contributed by atoms with E-state index in [0.717, 1.165) is 16.6 Å². The molecule has 190 valence electrons. The van der Waals surface area contributed by atoms with Gasteiger partial charge in [-0.3, -0.25) is 23.9 Å². The van der Waals surface area contributed by atoms with Crippen molar-refractivity contribution in [1.29, 1.82) is 0 Å². The Labute approximate surface area is 213 Å². The van der Waals surface area contributed by atoms with Crippen molar-refractivity contribution in [2.45, 2.75) is 11.8 Å². The van der Waals surface area contributed by atoms with Gasteiger partial charge < -0.3 is 5.32 Å². The van der Waals surface area contributed by atoms with Crippen LogP contribution in [-0.2, 0) is 24.8 Å². The molecule has 0 spiro atoms. The molecule has 2 N–H and O–H groups in total. The third-order valence-electron chi connectivity index (χ3n) is 4.88. The fourth-order valence-corrected chi connectivity index (χ4v) is 5.32. The lowest BCUT2D eigenvalue weighted by atomic mass is 10.2. The van der Waals surface area contributed by atoms with E-state index in [0.29, 0.717) is 10.6 Å². The Morgan fingerprint density at radius 2 is 1.67 bits per heavy atom. The molecule has 0 atom stereocenters. The van der Waals surface area contributed by atoms with E-state index in [1.165, 1.54) is 48.5 Å². The molecule has 0 bridgehead atoms. The number of carbonyl (C=O) groups excluding carboxylic acids is 1. The number of amides is 1. The average Bonchev–Trinajstić information content (AvgIpc) is 2.77. The summed E-state index contributed by atoms with van der Waals surface area (Å²) in [5.74, 6) is -0.737. The standard InChI is InChI=1S/C22H21ClN4O7S2/c1-15-6-9-19(27(29)30)13-21(15)26(35(2,31)32)14-22(28)24-17-7-10-20(11-8-17)36(33,34)25-18-5-3-4-16(23)12-18/h3-13,25H,14H2,1-2H3,(H,24,28). The first-order chi connectivity index (χ1) is 16.8. The number of hydrogen-bond donors (Lipinski definition) is 2. The highest BCUT2D eigenvalue weighted by molar-refractivity contribution is 7.92. The number of hydrogen-bond acceptors (Lipinski definition) is 7. The fourth-order valence-electron chi connectivity index (χ4n) is 3.18. The van der Waals surface area contributed by atoms with Crippen LogP contribution >= 0.6 is 11.6 Å². The van der Waals surface area contributed by atoms with E-state index in [9.17, 15) is 31.7 Å². The Morgan fingerprint density at radius 1 is 1.00 bits per heavy atom. The molecule has 11 nitrogen and oxygen atoms in total. The van der Waals surface area contributed by atoms with E-state index >= 15 is 0 Å². The first-order valence-electron chi connectivity index (χ1n) is 10.2. The number of benzene rings is 3. The van der Waals surface area contributed by atoms with Gasteiger partial charge in [-0.15, -0.1) is 0 Å². The number of sulfonamides is 2. The maximum absolute atomic E-state index is 12.6. The fraction of sp³-hybridized carbons (Fsp3) is 0.136. The third-order valence-corrected chi connectivity index (χ3v) is 7.64. The van der Waals surface area contributed by atoms with Crippen LogP contribution in [0.1, 0.15) is 5.56 Å². The van der Waals surface area contributed by atoms with Crippen molar-refractivity contribution in [3.8, 4) is 0 Å². The molecule has 3 aromatic carbocycles. The number of aryl methyl sites for hydroxylation is 1. The quantitative estimate of drug-likeness (QED) is 0.302. The van der Waals surface area contributed by atoms with Crippen molar-refractivity contribution < 1.29 is 26.6 Å².